The normalized spacial score (nSPS) is 17.8. The molecule has 0 bridgehead atoms. The fourth-order valence-corrected chi connectivity index (χ4v) is 2.20. The van der Waals surface area contributed by atoms with Crippen molar-refractivity contribution in [2.24, 2.45) is 0 Å². The summed E-state index contributed by atoms with van der Waals surface area (Å²) in [7, 11) is 0. The van der Waals surface area contributed by atoms with Crippen LogP contribution < -0.4 is 10.6 Å². The van der Waals surface area contributed by atoms with Crippen molar-refractivity contribution in [1.82, 2.24) is 15.5 Å². The molecule has 0 unspecified atom stereocenters. The van der Waals surface area contributed by atoms with Gasteiger partial charge in [-0.3, -0.25) is 15.5 Å². The lowest BCUT2D eigenvalue weighted by molar-refractivity contribution is 0.188. The van der Waals surface area contributed by atoms with Crippen molar-refractivity contribution < 1.29 is 0 Å². The number of nitrogens with one attached hydrogen (secondary N) is 2. The first-order chi connectivity index (χ1) is 7.93. The van der Waals surface area contributed by atoms with E-state index >= 15 is 0 Å². The zero-order valence-electron chi connectivity index (χ0n) is 10.9. The van der Waals surface area contributed by atoms with Crippen molar-refractivity contribution in [3.05, 3.63) is 0 Å². The summed E-state index contributed by atoms with van der Waals surface area (Å²) in [5.41, 5.74) is 0. The molecule has 0 amide bonds. The van der Waals surface area contributed by atoms with Crippen LogP contribution in [-0.2, 0) is 0 Å². The molecule has 1 aliphatic heterocycles. The smallest absolute Gasteiger partial charge is 0.0502 e. The minimum Gasteiger partial charge on any atom is -0.292 e. The first kappa shape index (κ1) is 13.9. The third-order valence-corrected chi connectivity index (χ3v) is 3.25. The second-order valence-corrected chi connectivity index (χ2v) is 4.86. The van der Waals surface area contributed by atoms with Gasteiger partial charge < -0.3 is 0 Å². The number of rotatable bonds is 9. The number of unbranched alkanes of at least 4 members (excludes halogenated alkanes) is 7. The fourth-order valence-electron chi connectivity index (χ4n) is 2.20. The monoisotopic (exact) mass is 227 g/mol. The van der Waals surface area contributed by atoms with Gasteiger partial charge in [0.25, 0.3) is 0 Å². The molecule has 1 saturated heterocycles. The summed E-state index contributed by atoms with van der Waals surface area (Å²) in [5.74, 6) is 0. The quantitative estimate of drug-likeness (QED) is 0.593. The summed E-state index contributed by atoms with van der Waals surface area (Å²) in [6.07, 6.45) is 11.3. The molecule has 0 aliphatic carbocycles. The van der Waals surface area contributed by atoms with Gasteiger partial charge in [0.15, 0.2) is 0 Å². The van der Waals surface area contributed by atoms with Crippen molar-refractivity contribution in [3.8, 4) is 0 Å². The Morgan fingerprint density at radius 3 is 2.00 bits per heavy atom. The van der Waals surface area contributed by atoms with E-state index in [1.165, 1.54) is 57.9 Å². The summed E-state index contributed by atoms with van der Waals surface area (Å²) in [6.45, 7) is 6.61. The maximum absolute atomic E-state index is 3.32. The van der Waals surface area contributed by atoms with Gasteiger partial charge in [-0.05, 0) is 6.42 Å². The van der Waals surface area contributed by atoms with Gasteiger partial charge in [0, 0.05) is 13.2 Å². The topological polar surface area (TPSA) is 27.3 Å². The van der Waals surface area contributed by atoms with Gasteiger partial charge in [0.2, 0.25) is 0 Å². The molecular formula is C13H29N3. The van der Waals surface area contributed by atoms with E-state index in [0.717, 1.165) is 20.0 Å². The molecule has 96 valence electrons. The summed E-state index contributed by atoms with van der Waals surface area (Å²) >= 11 is 0. The Morgan fingerprint density at radius 2 is 1.38 bits per heavy atom. The van der Waals surface area contributed by atoms with E-state index in [1.54, 1.807) is 0 Å². The standard InChI is InChI=1S/C13H29N3/c1-2-3-4-5-6-7-8-9-10-16-12-14-11-15-13-16/h14-15H,2-13H2,1H3. The van der Waals surface area contributed by atoms with E-state index in [9.17, 15) is 0 Å². The lowest BCUT2D eigenvalue weighted by Crippen LogP contribution is -2.50. The molecule has 1 fully saturated rings. The number of hydrogen-bond donors (Lipinski definition) is 2. The van der Waals surface area contributed by atoms with Crippen molar-refractivity contribution >= 4 is 0 Å². The van der Waals surface area contributed by atoms with Crippen LogP contribution in [0.4, 0.5) is 0 Å². The lowest BCUT2D eigenvalue weighted by atomic mass is 10.1. The average molecular weight is 227 g/mol. The Hall–Kier alpha value is -0.120. The molecule has 2 N–H and O–H groups in total. The molecule has 1 heterocycles. The summed E-state index contributed by atoms with van der Waals surface area (Å²) < 4.78 is 0. The molecule has 3 nitrogen and oxygen atoms in total. The van der Waals surface area contributed by atoms with Gasteiger partial charge in [0.05, 0.1) is 13.3 Å². The zero-order valence-corrected chi connectivity index (χ0v) is 10.9. The lowest BCUT2D eigenvalue weighted by Gasteiger charge is -2.27. The Morgan fingerprint density at radius 1 is 0.812 bits per heavy atom. The van der Waals surface area contributed by atoms with Crippen LogP contribution >= 0.6 is 0 Å². The molecule has 0 aromatic heterocycles. The molecule has 0 aromatic carbocycles. The molecule has 0 atom stereocenters. The van der Waals surface area contributed by atoms with Gasteiger partial charge in [-0.2, -0.15) is 0 Å². The largest absolute Gasteiger partial charge is 0.292 e. The van der Waals surface area contributed by atoms with Gasteiger partial charge in [0.1, 0.15) is 0 Å². The van der Waals surface area contributed by atoms with Crippen molar-refractivity contribution in [2.75, 3.05) is 26.6 Å². The SMILES string of the molecule is CCCCCCCCCCN1CNCNC1. The predicted molar refractivity (Wildman–Crippen MR) is 70.2 cm³/mol. The van der Waals surface area contributed by atoms with Crippen LogP contribution in [0.3, 0.4) is 0 Å². The van der Waals surface area contributed by atoms with Gasteiger partial charge >= 0.3 is 0 Å². The average Bonchev–Trinajstić information content (AvgIpc) is 2.34. The fraction of sp³-hybridized carbons (Fsp3) is 1.00. The van der Waals surface area contributed by atoms with E-state index in [4.69, 9.17) is 0 Å². The van der Waals surface area contributed by atoms with E-state index < -0.39 is 0 Å². The second kappa shape index (κ2) is 10.1. The summed E-state index contributed by atoms with van der Waals surface area (Å²) in [5, 5.41) is 6.65. The maximum atomic E-state index is 3.32. The van der Waals surface area contributed by atoms with Crippen LogP contribution in [0.2, 0.25) is 0 Å². The molecule has 0 radical (unpaired) electrons. The van der Waals surface area contributed by atoms with Crippen LogP contribution in [0.1, 0.15) is 58.3 Å². The highest BCUT2D eigenvalue weighted by molar-refractivity contribution is 4.60. The first-order valence-electron chi connectivity index (χ1n) is 7.07. The van der Waals surface area contributed by atoms with E-state index in [1.807, 2.05) is 0 Å². The Labute approximate surface area is 101 Å². The van der Waals surface area contributed by atoms with Crippen LogP contribution in [0, 0.1) is 0 Å². The van der Waals surface area contributed by atoms with Crippen molar-refractivity contribution in [2.45, 2.75) is 58.3 Å². The molecule has 1 rings (SSSR count). The van der Waals surface area contributed by atoms with Crippen molar-refractivity contribution in [3.63, 3.8) is 0 Å². The molecule has 3 heteroatoms. The van der Waals surface area contributed by atoms with Gasteiger partial charge in [-0.15, -0.1) is 0 Å². The molecule has 0 spiro atoms. The number of nitrogens with zero attached hydrogens (tertiary/aromatic N) is 1. The maximum Gasteiger partial charge on any atom is 0.0502 e. The number of hydrogen-bond acceptors (Lipinski definition) is 3. The zero-order chi connectivity index (χ0) is 11.5. The summed E-state index contributed by atoms with van der Waals surface area (Å²) in [6, 6.07) is 0. The van der Waals surface area contributed by atoms with Crippen LogP contribution in [0.25, 0.3) is 0 Å². The third kappa shape index (κ3) is 7.20. The molecule has 0 saturated carbocycles. The molecule has 1 aliphatic rings. The van der Waals surface area contributed by atoms with Crippen LogP contribution in [0.5, 0.6) is 0 Å². The minimum absolute atomic E-state index is 0.966. The highest BCUT2D eigenvalue weighted by Crippen LogP contribution is 2.08. The van der Waals surface area contributed by atoms with Gasteiger partial charge in [-0.25, -0.2) is 0 Å². The Kier molecular flexibility index (Phi) is 8.77. The first-order valence-corrected chi connectivity index (χ1v) is 7.07. The van der Waals surface area contributed by atoms with Crippen LogP contribution in [0.15, 0.2) is 0 Å². The predicted octanol–water partition coefficient (Wildman–Crippen LogP) is 2.49. The van der Waals surface area contributed by atoms with Crippen molar-refractivity contribution in [1.29, 1.82) is 0 Å². The molecule has 0 aromatic rings. The molecule has 16 heavy (non-hydrogen) atoms. The Balaban J connectivity index is 1.77. The Bertz CT molecular complexity index is 144. The highest BCUT2D eigenvalue weighted by atomic mass is 15.4. The van der Waals surface area contributed by atoms with Gasteiger partial charge in [-0.1, -0.05) is 51.9 Å². The van der Waals surface area contributed by atoms with E-state index in [0.29, 0.717) is 0 Å². The minimum atomic E-state index is 0.966. The third-order valence-electron chi connectivity index (χ3n) is 3.25. The van der Waals surface area contributed by atoms with Crippen LogP contribution in [-0.4, -0.2) is 31.5 Å². The molecular weight excluding hydrogens is 198 g/mol. The van der Waals surface area contributed by atoms with E-state index in [-0.39, 0.29) is 0 Å². The van der Waals surface area contributed by atoms with E-state index in [2.05, 4.69) is 22.5 Å². The second-order valence-electron chi connectivity index (χ2n) is 4.86. The highest BCUT2D eigenvalue weighted by Gasteiger charge is 2.06. The summed E-state index contributed by atoms with van der Waals surface area (Å²) in [4.78, 5) is 2.45.